The third kappa shape index (κ3) is 5.67. The van der Waals surface area contributed by atoms with Crippen molar-refractivity contribution in [3.8, 4) is 0 Å². The quantitative estimate of drug-likeness (QED) is 0.549. The van der Waals surface area contributed by atoms with Crippen molar-refractivity contribution < 1.29 is 21.6 Å². The number of benzene rings is 1. The van der Waals surface area contributed by atoms with E-state index < -0.39 is 26.3 Å². The number of aryl methyl sites for hydroxylation is 1. The minimum absolute atomic E-state index is 0.103. The summed E-state index contributed by atoms with van der Waals surface area (Å²) in [6.45, 7) is 9.50. The van der Waals surface area contributed by atoms with E-state index in [1.165, 1.54) is 34.8 Å². The molecule has 0 aliphatic carbocycles. The van der Waals surface area contributed by atoms with Crippen molar-refractivity contribution in [2.24, 2.45) is 0 Å². The second kappa shape index (κ2) is 10.6. The van der Waals surface area contributed by atoms with Gasteiger partial charge < -0.3 is 5.32 Å². The van der Waals surface area contributed by atoms with Gasteiger partial charge in [-0.3, -0.25) is 9.69 Å². The van der Waals surface area contributed by atoms with E-state index >= 15 is 0 Å². The number of nitrogens with one attached hydrogen (secondary N) is 1. The molecule has 1 amide bonds. The summed E-state index contributed by atoms with van der Waals surface area (Å²) in [5, 5.41) is 2.83. The van der Waals surface area contributed by atoms with Crippen molar-refractivity contribution in [1.82, 2.24) is 17.8 Å². The molecule has 1 aromatic carbocycles. The second-order valence-corrected chi connectivity index (χ2v) is 12.0. The predicted octanol–water partition coefficient (Wildman–Crippen LogP) is 0.777. The molecule has 1 N–H and O–H groups in total. The van der Waals surface area contributed by atoms with Crippen molar-refractivity contribution in [3.05, 3.63) is 23.8 Å². The highest BCUT2D eigenvalue weighted by Crippen LogP contribution is 2.23. The van der Waals surface area contributed by atoms with Crippen LogP contribution >= 0.6 is 0 Å². The number of amides is 1. The summed E-state index contributed by atoms with van der Waals surface area (Å²) in [6, 6.07) is 4.14. The summed E-state index contributed by atoms with van der Waals surface area (Å²) in [5.74, 6) is -0.271. The lowest BCUT2D eigenvalue weighted by atomic mass is 10.1. The first-order valence-electron chi connectivity index (χ1n) is 10.7. The molecule has 12 heteroatoms. The molecule has 32 heavy (non-hydrogen) atoms. The fraction of sp³-hybridized carbons (Fsp3) is 0.650. The van der Waals surface area contributed by atoms with Crippen molar-refractivity contribution in [1.29, 1.82) is 0 Å². The topological polar surface area (TPSA) is 110 Å². The van der Waals surface area contributed by atoms with Crippen LogP contribution < -0.4 is 5.32 Å². The van der Waals surface area contributed by atoms with E-state index in [0.717, 1.165) is 9.87 Å². The van der Waals surface area contributed by atoms with Gasteiger partial charge in [0.25, 0.3) is 10.2 Å². The SMILES string of the molecule is CCN(CC)S(=O)(=O)N1CCN(C(C)C(=O)Nc2cc(S(=O)(=O)N(C)C)ccc2C)CC1. The Kier molecular flexibility index (Phi) is 8.82. The minimum atomic E-state index is -3.62. The lowest BCUT2D eigenvalue weighted by molar-refractivity contribution is -0.121. The van der Waals surface area contributed by atoms with Crippen LogP contribution in [0.25, 0.3) is 0 Å². The van der Waals surface area contributed by atoms with Gasteiger partial charge in [0.1, 0.15) is 0 Å². The first-order valence-corrected chi connectivity index (χ1v) is 13.5. The molecule has 0 aromatic heterocycles. The molecule has 1 unspecified atom stereocenters. The maximum Gasteiger partial charge on any atom is 0.282 e. The highest BCUT2D eigenvalue weighted by Gasteiger charge is 2.33. The van der Waals surface area contributed by atoms with Crippen LogP contribution in [0.4, 0.5) is 5.69 Å². The Bertz CT molecular complexity index is 1010. The van der Waals surface area contributed by atoms with Crippen LogP contribution in [-0.2, 0) is 25.0 Å². The maximum absolute atomic E-state index is 12.9. The lowest BCUT2D eigenvalue weighted by Crippen LogP contribution is -2.56. The Morgan fingerprint density at radius 3 is 2.12 bits per heavy atom. The molecule has 182 valence electrons. The molecule has 10 nitrogen and oxygen atoms in total. The van der Waals surface area contributed by atoms with Gasteiger partial charge in [-0.2, -0.15) is 17.0 Å². The summed E-state index contributed by atoms with van der Waals surface area (Å²) in [6.07, 6.45) is 0. The molecular weight excluding hydrogens is 454 g/mol. The highest BCUT2D eigenvalue weighted by molar-refractivity contribution is 7.89. The molecule has 1 aromatic rings. The second-order valence-electron chi connectivity index (χ2n) is 7.96. The molecule has 1 heterocycles. The van der Waals surface area contributed by atoms with E-state index in [-0.39, 0.29) is 10.8 Å². The van der Waals surface area contributed by atoms with Gasteiger partial charge in [-0.25, -0.2) is 12.7 Å². The summed E-state index contributed by atoms with van der Waals surface area (Å²) >= 11 is 0. The monoisotopic (exact) mass is 489 g/mol. The molecule has 1 aliphatic heterocycles. The average Bonchev–Trinajstić information content (AvgIpc) is 2.75. The van der Waals surface area contributed by atoms with Gasteiger partial charge in [-0.1, -0.05) is 19.9 Å². The van der Waals surface area contributed by atoms with Gasteiger partial charge in [0.05, 0.1) is 10.9 Å². The number of hydrogen-bond donors (Lipinski definition) is 1. The normalized spacial score (nSPS) is 17.6. The molecule has 1 fully saturated rings. The first-order chi connectivity index (χ1) is 14.9. The van der Waals surface area contributed by atoms with Gasteiger partial charge in [0.2, 0.25) is 15.9 Å². The number of rotatable bonds is 9. The Morgan fingerprint density at radius 2 is 1.62 bits per heavy atom. The van der Waals surface area contributed by atoms with E-state index in [1.807, 2.05) is 18.7 Å². The van der Waals surface area contributed by atoms with Crippen LogP contribution in [0.15, 0.2) is 23.1 Å². The molecule has 0 bridgehead atoms. The number of piperazine rings is 1. The Morgan fingerprint density at radius 1 is 1.06 bits per heavy atom. The summed E-state index contributed by atoms with van der Waals surface area (Å²) in [7, 11) is -4.21. The van der Waals surface area contributed by atoms with Gasteiger partial charge in [-0.15, -0.1) is 0 Å². The van der Waals surface area contributed by atoms with Crippen molar-refractivity contribution in [3.63, 3.8) is 0 Å². The standard InChI is InChI=1S/C20H35N5O5S2/c1-7-24(8-2)32(29,30)25-13-11-23(12-14-25)17(4)20(26)21-19-15-18(10-9-16(19)3)31(27,28)22(5)6/h9-10,15,17H,7-8,11-14H2,1-6H3,(H,21,26). The molecule has 0 spiro atoms. The van der Waals surface area contributed by atoms with Crippen LogP contribution in [0.1, 0.15) is 26.3 Å². The van der Waals surface area contributed by atoms with Crippen molar-refractivity contribution >= 4 is 31.8 Å². The zero-order valence-electron chi connectivity index (χ0n) is 19.7. The van der Waals surface area contributed by atoms with Crippen LogP contribution in [0, 0.1) is 6.92 Å². The fourth-order valence-corrected chi connectivity index (χ4v) is 6.08. The first kappa shape index (κ1) is 26.7. The van der Waals surface area contributed by atoms with Crippen LogP contribution in [0.5, 0.6) is 0 Å². The fourth-order valence-electron chi connectivity index (χ4n) is 3.54. The molecular formula is C20H35N5O5S2. The molecule has 0 radical (unpaired) electrons. The molecule has 0 saturated carbocycles. The molecule has 1 saturated heterocycles. The maximum atomic E-state index is 12.9. The Hall–Kier alpha value is -1.57. The summed E-state index contributed by atoms with van der Waals surface area (Å²) in [5.41, 5.74) is 1.19. The minimum Gasteiger partial charge on any atom is -0.324 e. The largest absolute Gasteiger partial charge is 0.324 e. The van der Waals surface area contributed by atoms with Crippen molar-refractivity contribution in [2.75, 3.05) is 58.7 Å². The Labute approximate surface area is 192 Å². The number of carbonyl (C=O) groups is 1. The number of anilines is 1. The Balaban J connectivity index is 2.07. The van der Waals surface area contributed by atoms with E-state index in [9.17, 15) is 21.6 Å². The van der Waals surface area contributed by atoms with Crippen molar-refractivity contribution in [2.45, 2.75) is 38.6 Å². The summed E-state index contributed by atoms with van der Waals surface area (Å²) < 4.78 is 54.2. The van der Waals surface area contributed by atoms with Gasteiger partial charge in [0.15, 0.2) is 0 Å². The van der Waals surface area contributed by atoms with E-state index in [0.29, 0.717) is 45.0 Å². The zero-order chi connectivity index (χ0) is 24.3. The third-order valence-electron chi connectivity index (χ3n) is 5.80. The van der Waals surface area contributed by atoms with Crippen LogP contribution in [0.2, 0.25) is 0 Å². The number of sulfonamides is 1. The van der Waals surface area contributed by atoms with Gasteiger partial charge in [0, 0.05) is 59.1 Å². The van der Waals surface area contributed by atoms with E-state index in [2.05, 4.69) is 5.32 Å². The highest BCUT2D eigenvalue weighted by atomic mass is 32.2. The lowest BCUT2D eigenvalue weighted by Gasteiger charge is -2.38. The van der Waals surface area contributed by atoms with Crippen LogP contribution in [0.3, 0.4) is 0 Å². The molecule has 2 rings (SSSR count). The predicted molar refractivity (Wildman–Crippen MR) is 125 cm³/mol. The van der Waals surface area contributed by atoms with E-state index in [4.69, 9.17) is 0 Å². The number of hydrogen-bond acceptors (Lipinski definition) is 6. The third-order valence-corrected chi connectivity index (χ3v) is 9.80. The zero-order valence-corrected chi connectivity index (χ0v) is 21.3. The number of carbonyl (C=O) groups excluding carboxylic acids is 1. The van der Waals surface area contributed by atoms with Gasteiger partial charge in [-0.05, 0) is 31.5 Å². The van der Waals surface area contributed by atoms with Gasteiger partial charge >= 0.3 is 0 Å². The summed E-state index contributed by atoms with van der Waals surface area (Å²) in [4.78, 5) is 14.9. The number of nitrogens with zero attached hydrogens (tertiary/aromatic N) is 4. The van der Waals surface area contributed by atoms with Crippen LogP contribution in [-0.4, -0.2) is 100.0 Å². The smallest absolute Gasteiger partial charge is 0.282 e. The average molecular weight is 490 g/mol. The molecule has 1 atom stereocenters. The van der Waals surface area contributed by atoms with E-state index in [1.54, 1.807) is 19.9 Å². The molecule has 1 aliphatic rings.